The van der Waals surface area contributed by atoms with Gasteiger partial charge in [-0.3, -0.25) is 9.69 Å². The first-order valence-corrected chi connectivity index (χ1v) is 9.01. The zero-order valence-corrected chi connectivity index (χ0v) is 15.3. The summed E-state index contributed by atoms with van der Waals surface area (Å²) < 4.78 is 27.4. The smallest absolute Gasteiger partial charge is 0.253 e. The summed E-state index contributed by atoms with van der Waals surface area (Å²) in [4.78, 5) is 20.6. The minimum Gasteiger partial charge on any atom is -0.377 e. The lowest BCUT2D eigenvalue weighted by Crippen LogP contribution is -2.60. The van der Waals surface area contributed by atoms with Crippen LogP contribution in [0.3, 0.4) is 0 Å². The normalized spacial score (nSPS) is 24.4. The second-order valence-electron chi connectivity index (χ2n) is 7.15. The summed E-state index contributed by atoms with van der Waals surface area (Å²) in [6.45, 7) is 3.30. The summed E-state index contributed by atoms with van der Waals surface area (Å²) in [5, 5.41) is 0. The standard InChI is InChI=1S/C19H23FN4O3/c1-22-6-5-21-17(22)10-23-7-8-26-14-19(12-23)13-24(18(25)11-27-19)16-4-2-3-15(20)9-16/h2-6,9H,7-8,10-14H2,1H3/t19-/m1/s1. The van der Waals surface area contributed by atoms with E-state index in [1.54, 1.807) is 23.2 Å². The van der Waals surface area contributed by atoms with E-state index in [9.17, 15) is 9.18 Å². The van der Waals surface area contributed by atoms with Gasteiger partial charge in [0.1, 0.15) is 23.8 Å². The number of nitrogens with zero attached hydrogens (tertiary/aromatic N) is 4. The molecule has 1 spiro atoms. The van der Waals surface area contributed by atoms with Crippen molar-refractivity contribution in [3.8, 4) is 0 Å². The molecule has 1 aromatic carbocycles. The molecule has 0 unspecified atom stereocenters. The molecule has 2 aliphatic heterocycles. The van der Waals surface area contributed by atoms with E-state index in [-0.39, 0.29) is 18.3 Å². The SMILES string of the molecule is Cn1ccnc1CN1CCOC[C@@]2(C1)CN(c1cccc(F)c1)C(=O)CO2. The van der Waals surface area contributed by atoms with Gasteiger partial charge in [0, 0.05) is 38.2 Å². The van der Waals surface area contributed by atoms with Crippen molar-refractivity contribution < 1.29 is 18.7 Å². The molecule has 1 atom stereocenters. The first-order chi connectivity index (χ1) is 13.0. The molecule has 0 saturated carbocycles. The molecule has 0 aliphatic carbocycles. The minimum atomic E-state index is -0.651. The third-order valence-corrected chi connectivity index (χ3v) is 5.08. The maximum Gasteiger partial charge on any atom is 0.253 e. The second-order valence-corrected chi connectivity index (χ2v) is 7.15. The number of imidazole rings is 1. The van der Waals surface area contributed by atoms with Gasteiger partial charge in [0.25, 0.3) is 5.91 Å². The fourth-order valence-electron chi connectivity index (χ4n) is 3.64. The van der Waals surface area contributed by atoms with Crippen LogP contribution >= 0.6 is 0 Å². The Labute approximate surface area is 157 Å². The predicted molar refractivity (Wildman–Crippen MR) is 96.7 cm³/mol. The van der Waals surface area contributed by atoms with Crippen LogP contribution in [0.4, 0.5) is 10.1 Å². The maximum absolute atomic E-state index is 13.6. The van der Waals surface area contributed by atoms with Crippen LogP contribution in [0.5, 0.6) is 0 Å². The van der Waals surface area contributed by atoms with E-state index in [1.807, 2.05) is 17.8 Å². The Balaban J connectivity index is 1.55. The highest BCUT2D eigenvalue weighted by molar-refractivity contribution is 5.95. The highest BCUT2D eigenvalue weighted by atomic mass is 19.1. The molecule has 2 saturated heterocycles. The molecule has 8 heteroatoms. The first-order valence-electron chi connectivity index (χ1n) is 9.01. The van der Waals surface area contributed by atoms with Crippen molar-refractivity contribution in [2.75, 3.05) is 44.4 Å². The van der Waals surface area contributed by atoms with E-state index in [2.05, 4.69) is 9.88 Å². The van der Waals surface area contributed by atoms with Gasteiger partial charge in [-0.25, -0.2) is 9.37 Å². The number of aryl methyl sites for hydroxylation is 1. The molecule has 27 heavy (non-hydrogen) atoms. The topological polar surface area (TPSA) is 59.8 Å². The molecule has 4 rings (SSSR count). The number of halogens is 1. The molecule has 0 bridgehead atoms. The lowest BCUT2D eigenvalue weighted by atomic mass is 10.0. The predicted octanol–water partition coefficient (Wildman–Crippen LogP) is 1.19. The van der Waals surface area contributed by atoms with Crippen LogP contribution in [0.25, 0.3) is 0 Å². The molecule has 2 aromatic rings. The van der Waals surface area contributed by atoms with Crippen LogP contribution in [0.15, 0.2) is 36.7 Å². The number of carbonyl (C=O) groups excluding carboxylic acids is 1. The molecule has 1 aromatic heterocycles. The van der Waals surface area contributed by atoms with E-state index in [0.29, 0.717) is 38.5 Å². The van der Waals surface area contributed by atoms with Gasteiger partial charge in [0.05, 0.1) is 26.3 Å². The highest BCUT2D eigenvalue weighted by Crippen LogP contribution is 2.28. The molecule has 1 amide bonds. The lowest BCUT2D eigenvalue weighted by Gasteiger charge is -2.43. The number of hydrogen-bond donors (Lipinski definition) is 0. The summed E-state index contributed by atoms with van der Waals surface area (Å²) in [5.41, 5.74) is -0.107. The number of ether oxygens (including phenoxy) is 2. The van der Waals surface area contributed by atoms with Crippen LogP contribution < -0.4 is 4.90 Å². The summed E-state index contributed by atoms with van der Waals surface area (Å²) in [5.74, 6) is 0.418. The molecule has 2 fully saturated rings. The van der Waals surface area contributed by atoms with Gasteiger partial charge in [-0.15, -0.1) is 0 Å². The zero-order valence-electron chi connectivity index (χ0n) is 15.3. The molecule has 7 nitrogen and oxygen atoms in total. The number of hydrogen-bond acceptors (Lipinski definition) is 5. The third kappa shape index (κ3) is 3.87. The Morgan fingerprint density at radius 3 is 3.00 bits per heavy atom. The monoisotopic (exact) mass is 374 g/mol. The van der Waals surface area contributed by atoms with E-state index in [1.165, 1.54) is 12.1 Å². The van der Waals surface area contributed by atoms with Crippen molar-refractivity contribution >= 4 is 11.6 Å². The second kappa shape index (κ2) is 7.38. The van der Waals surface area contributed by atoms with Crippen molar-refractivity contribution in [2.45, 2.75) is 12.1 Å². The summed E-state index contributed by atoms with van der Waals surface area (Å²) in [6.07, 6.45) is 3.70. The first kappa shape index (κ1) is 18.1. The van der Waals surface area contributed by atoms with Crippen LogP contribution in [0.2, 0.25) is 0 Å². The van der Waals surface area contributed by atoms with Gasteiger partial charge >= 0.3 is 0 Å². The van der Waals surface area contributed by atoms with Crippen molar-refractivity contribution in [3.63, 3.8) is 0 Å². The fourth-order valence-corrected chi connectivity index (χ4v) is 3.64. The van der Waals surface area contributed by atoms with E-state index in [4.69, 9.17) is 9.47 Å². The van der Waals surface area contributed by atoms with E-state index >= 15 is 0 Å². The molecule has 0 radical (unpaired) electrons. The Kier molecular flexibility index (Phi) is 4.94. The number of anilines is 1. The van der Waals surface area contributed by atoms with E-state index < -0.39 is 5.60 Å². The van der Waals surface area contributed by atoms with Gasteiger partial charge in [-0.05, 0) is 18.2 Å². The Morgan fingerprint density at radius 2 is 2.22 bits per heavy atom. The lowest BCUT2D eigenvalue weighted by molar-refractivity contribution is -0.146. The third-order valence-electron chi connectivity index (χ3n) is 5.08. The quantitative estimate of drug-likeness (QED) is 0.808. The van der Waals surface area contributed by atoms with Crippen LogP contribution in [-0.4, -0.2) is 65.4 Å². The molecule has 3 heterocycles. The van der Waals surface area contributed by atoms with Crippen molar-refractivity contribution in [3.05, 3.63) is 48.3 Å². The van der Waals surface area contributed by atoms with E-state index in [0.717, 1.165) is 12.4 Å². The Hall–Kier alpha value is -2.29. The Bertz CT molecular complexity index is 827. The van der Waals surface area contributed by atoms with Gasteiger partial charge in [-0.1, -0.05) is 6.07 Å². The van der Waals surface area contributed by atoms with Crippen molar-refractivity contribution in [1.82, 2.24) is 14.5 Å². The molecular weight excluding hydrogens is 351 g/mol. The average molecular weight is 374 g/mol. The zero-order chi connectivity index (χ0) is 18.9. The van der Waals surface area contributed by atoms with Crippen LogP contribution in [0.1, 0.15) is 5.82 Å². The fraction of sp³-hybridized carbons (Fsp3) is 0.474. The molecule has 2 aliphatic rings. The van der Waals surface area contributed by atoms with Crippen molar-refractivity contribution in [2.24, 2.45) is 7.05 Å². The average Bonchev–Trinajstić information content (AvgIpc) is 2.94. The molecular formula is C19H23FN4O3. The molecule has 144 valence electrons. The summed E-state index contributed by atoms with van der Waals surface area (Å²) in [6, 6.07) is 6.09. The highest BCUT2D eigenvalue weighted by Gasteiger charge is 2.43. The number of benzene rings is 1. The molecule has 0 N–H and O–H groups in total. The number of morpholine rings is 1. The Morgan fingerprint density at radius 1 is 1.33 bits per heavy atom. The van der Waals surface area contributed by atoms with Gasteiger partial charge in [0.2, 0.25) is 0 Å². The summed E-state index contributed by atoms with van der Waals surface area (Å²) >= 11 is 0. The van der Waals surface area contributed by atoms with Gasteiger partial charge in [-0.2, -0.15) is 0 Å². The van der Waals surface area contributed by atoms with Gasteiger partial charge in [0.15, 0.2) is 0 Å². The number of rotatable bonds is 3. The van der Waals surface area contributed by atoms with Crippen LogP contribution in [0, 0.1) is 5.82 Å². The largest absolute Gasteiger partial charge is 0.377 e. The maximum atomic E-state index is 13.6. The summed E-state index contributed by atoms with van der Waals surface area (Å²) in [7, 11) is 1.97. The number of amides is 1. The number of aromatic nitrogens is 2. The number of carbonyl (C=O) groups is 1. The van der Waals surface area contributed by atoms with Crippen molar-refractivity contribution in [1.29, 1.82) is 0 Å². The van der Waals surface area contributed by atoms with Crippen LogP contribution in [-0.2, 0) is 27.9 Å². The van der Waals surface area contributed by atoms with Gasteiger partial charge < -0.3 is 18.9 Å². The minimum absolute atomic E-state index is 0.0455.